The van der Waals surface area contributed by atoms with Crippen molar-refractivity contribution in [2.24, 2.45) is 0 Å². The minimum absolute atomic E-state index is 0.0228. The molecule has 2 rings (SSSR count). The van der Waals surface area contributed by atoms with Crippen LogP contribution in [0.3, 0.4) is 0 Å². The molecule has 2 aromatic rings. The zero-order valence-corrected chi connectivity index (χ0v) is 15.2. The topological polar surface area (TPSA) is 44.8 Å². The number of rotatable bonds is 7. The second kappa shape index (κ2) is 8.72. The molecule has 0 heterocycles. The molecule has 0 radical (unpaired) electrons. The summed E-state index contributed by atoms with van der Waals surface area (Å²) in [6, 6.07) is 7.84. The lowest BCUT2D eigenvalue weighted by molar-refractivity contribution is -0.134. The lowest BCUT2D eigenvalue weighted by Gasteiger charge is -2.16. The van der Waals surface area contributed by atoms with Gasteiger partial charge in [0.1, 0.15) is 18.1 Å². The van der Waals surface area contributed by atoms with Gasteiger partial charge >= 0.3 is 5.97 Å². The van der Waals surface area contributed by atoms with E-state index in [4.69, 9.17) is 25.8 Å². The predicted molar refractivity (Wildman–Crippen MR) is 94.0 cm³/mol. The van der Waals surface area contributed by atoms with Crippen molar-refractivity contribution in [2.45, 2.75) is 33.8 Å². The molecule has 0 bridgehead atoms. The molecule has 6 heteroatoms. The van der Waals surface area contributed by atoms with E-state index in [0.717, 1.165) is 0 Å². The van der Waals surface area contributed by atoms with Crippen LogP contribution in [0.1, 0.15) is 31.4 Å². The number of esters is 1. The van der Waals surface area contributed by atoms with E-state index < -0.39 is 5.82 Å². The second-order valence-corrected chi connectivity index (χ2v) is 5.72. The Morgan fingerprint density at radius 2 is 1.84 bits per heavy atom. The van der Waals surface area contributed by atoms with Gasteiger partial charge in [-0.1, -0.05) is 24.6 Å². The average molecular weight is 367 g/mol. The lowest BCUT2D eigenvalue weighted by atomic mass is 10.2. The van der Waals surface area contributed by atoms with E-state index in [0.29, 0.717) is 34.3 Å². The normalized spacial score (nSPS) is 10.4. The average Bonchev–Trinajstić information content (AvgIpc) is 2.58. The van der Waals surface area contributed by atoms with E-state index >= 15 is 0 Å². The van der Waals surface area contributed by atoms with Crippen LogP contribution in [0.25, 0.3) is 0 Å². The zero-order chi connectivity index (χ0) is 18.4. The third-order valence-corrected chi connectivity index (χ3v) is 3.89. The fourth-order valence-electron chi connectivity index (χ4n) is 2.16. The summed E-state index contributed by atoms with van der Waals surface area (Å²) in [6.07, 6.45) is 0.237. The monoisotopic (exact) mass is 366 g/mol. The van der Waals surface area contributed by atoms with Crippen molar-refractivity contribution >= 4 is 17.6 Å². The predicted octanol–water partition coefficient (Wildman–Crippen LogP) is 5.08. The fourth-order valence-corrected chi connectivity index (χ4v) is 2.31. The summed E-state index contributed by atoms with van der Waals surface area (Å²) in [5, 5.41) is 0.409. The van der Waals surface area contributed by atoms with Gasteiger partial charge in [0, 0.05) is 17.5 Å². The molecule has 25 heavy (non-hydrogen) atoms. The van der Waals surface area contributed by atoms with Gasteiger partial charge < -0.3 is 14.2 Å². The molecule has 0 saturated heterocycles. The van der Waals surface area contributed by atoms with Gasteiger partial charge in [-0.25, -0.2) is 4.39 Å². The molecule has 0 aliphatic heterocycles. The summed E-state index contributed by atoms with van der Waals surface area (Å²) >= 11 is 6.03. The molecule has 134 valence electrons. The molecule has 0 atom stereocenters. The molecule has 0 fully saturated rings. The quantitative estimate of drug-likeness (QED) is 0.506. The maximum atomic E-state index is 14.0. The number of benzene rings is 2. The van der Waals surface area contributed by atoms with Gasteiger partial charge in [-0.15, -0.1) is 0 Å². The molecule has 4 nitrogen and oxygen atoms in total. The molecular formula is C19H20ClFO4. The Morgan fingerprint density at radius 1 is 1.12 bits per heavy atom. The Labute approximate surface area is 151 Å². The minimum Gasteiger partial charge on any atom is -0.493 e. The Morgan fingerprint density at radius 3 is 2.52 bits per heavy atom. The summed E-state index contributed by atoms with van der Waals surface area (Å²) in [6.45, 7) is 5.66. The van der Waals surface area contributed by atoms with E-state index in [2.05, 4.69) is 0 Å². The highest BCUT2D eigenvalue weighted by molar-refractivity contribution is 6.31. The number of aryl methyl sites for hydroxylation is 1. The summed E-state index contributed by atoms with van der Waals surface area (Å²) < 4.78 is 30.5. The van der Waals surface area contributed by atoms with E-state index in [9.17, 15) is 9.18 Å². The molecule has 0 aliphatic carbocycles. The highest BCUT2D eigenvalue weighted by Crippen LogP contribution is 2.32. The standard InChI is InChI=1S/C19H20ClFO4/c1-4-19(22)25-17-8-6-7-16(23-5-2)13(17)11-24-18-10-14(20)12(3)9-15(18)21/h6-10H,4-5,11H2,1-3H3. The first-order valence-electron chi connectivity index (χ1n) is 8.00. The van der Waals surface area contributed by atoms with Gasteiger partial charge in [-0.2, -0.15) is 0 Å². The van der Waals surface area contributed by atoms with Crippen LogP contribution in [0.15, 0.2) is 30.3 Å². The Bertz CT molecular complexity index is 761. The van der Waals surface area contributed by atoms with Crippen LogP contribution in [0.4, 0.5) is 4.39 Å². The van der Waals surface area contributed by atoms with Crippen molar-refractivity contribution in [3.63, 3.8) is 0 Å². The van der Waals surface area contributed by atoms with Gasteiger partial charge in [0.05, 0.1) is 12.2 Å². The highest BCUT2D eigenvalue weighted by atomic mass is 35.5. The van der Waals surface area contributed by atoms with Crippen LogP contribution in [0, 0.1) is 12.7 Å². The van der Waals surface area contributed by atoms with Crippen molar-refractivity contribution in [3.05, 3.63) is 52.3 Å². The molecule has 2 aromatic carbocycles. The van der Waals surface area contributed by atoms with Crippen molar-refractivity contribution in [1.29, 1.82) is 0 Å². The lowest BCUT2D eigenvalue weighted by Crippen LogP contribution is -2.10. The van der Waals surface area contributed by atoms with Crippen LogP contribution in [-0.4, -0.2) is 12.6 Å². The van der Waals surface area contributed by atoms with E-state index in [-0.39, 0.29) is 24.7 Å². The van der Waals surface area contributed by atoms with E-state index in [1.165, 1.54) is 12.1 Å². The molecule has 0 unspecified atom stereocenters. The van der Waals surface area contributed by atoms with Crippen LogP contribution in [0.2, 0.25) is 5.02 Å². The van der Waals surface area contributed by atoms with Crippen LogP contribution < -0.4 is 14.2 Å². The number of ether oxygens (including phenoxy) is 3. The number of hydrogen-bond acceptors (Lipinski definition) is 4. The Hall–Kier alpha value is -2.27. The van der Waals surface area contributed by atoms with Crippen molar-refractivity contribution in [3.8, 4) is 17.2 Å². The summed E-state index contributed by atoms with van der Waals surface area (Å²) in [4.78, 5) is 11.6. The zero-order valence-electron chi connectivity index (χ0n) is 14.4. The SMILES string of the molecule is CCOc1cccc(OC(=O)CC)c1COc1cc(Cl)c(C)cc1F. The molecular weight excluding hydrogens is 347 g/mol. The van der Waals surface area contributed by atoms with Crippen molar-refractivity contribution in [1.82, 2.24) is 0 Å². The molecule has 0 N–H and O–H groups in total. The molecule has 0 amide bonds. The largest absolute Gasteiger partial charge is 0.493 e. The molecule has 0 aliphatic rings. The van der Waals surface area contributed by atoms with Crippen LogP contribution in [-0.2, 0) is 11.4 Å². The van der Waals surface area contributed by atoms with Crippen LogP contribution in [0.5, 0.6) is 17.2 Å². The van der Waals surface area contributed by atoms with Gasteiger partial charge in [0.15, 0.2) is 11.6 Å². The maximum Gasteiger partial charge on any atom is 0.310 e. The second-order valence-electron chi connectivity index (χ2n) is 5.31. The minimum atomic E-state index is -0.511. The van der Waals surface area contributed by atoms with Crippen molar-refractivity contribution < 1.29 is 23.4 Å². The van der Waals surface area contributed by atoms with Crippen LogP contribution >= 0.6 is 11.6 Å². The fraction of sp³-hybridized carbons (Fsp3) is 0.316. The highest BCUT2D eigenvalue weighted by Gasteiger charge is 2.16. The summed E-state index contributed by atoms with van der Waals surface area (Å²) in [7, 11) is 0. The number of halogens is 2. The summed E-state index contributed by atoms with van der Waals surface area (Å²) in [5.74, 6) is -0.0176. The first kappa shape index (κ1) is 19.1. The Balaban J connectivity index is 2.30. The first-order chi connectivity index (χ1) is 12.0. The van der Waals surface area contributed by atoms with Gasteiger partial charge in [-0.3, -0.25) is 4.79 Å². The maximum absolute atomic E-state index is 14.0. The number of carbonyl (C=O) groups is 1. The van der Waals surface area contributed by atoms with E-state index in [1.807, 2.05) is 6.92 Å². The van der Waals surface area contributed by atoms with Gasteiger partial charge in [0.25, 0.3) is 0 Å². The summed E-state index contributed by atoms with van der Waals surface area (Å²) in [5.41, 5.74) is 1.15. The first-order valence-corrected chi connectivity index (χ1v) is 8.37. The number of hydrogen-bond donors (Lipinski definition) is 0. The molecule has 0 saturated carbocycles. The van der Waals surface area contributed by atoms with Crippen molar-refractivity contribution in [2.75, 3.05) is 6.61 Å². The molecule has 0 spiro atoms. The van der Waals surface area contributed by atoms with Gasteiger partial charge in [0.2, 0.25) is 0 Å². The number of carbonyl (C=O) groups excluding carboxylic acids is 1. The third kappa shape index (κ3) is 4.86. The smallest absolute Gasteiger partial charge is 0.310 e. The molecule has 0 aromatic heterocycles. The third-order valence-electron chi connectivity index (χ3n) is 3.49. The van der Waals surface area contributed by atoms with E-state index in [1.54, 1.807) is 32.0 Å². The van der Waals surface area contributed by atoms with Gasteiger partial charge in [-0.05, 0) is 37.6 Å². The Kier molecular flexibility index (Phi) is 6.65.